The van der Waals surface area contributed by atoms with E-state index in [2.05, 4.69) is 41.8 Å². The van der Waals surface area contributed by atoms with E-state index >= 15 is 0 Å². The van der Waals surface area contributed by atoms with E-state index < -0.39 is 0 Å². The van der Waals surface area contributed by atoms with Gasteiger partial charge in [0.15, 0.2) is 0 Å². The van der Waals surface area contributed by atoms with Crippen molar-refractivity contribution in [1.29, 1.82) is 0 Å². The summed E-state index contributed by atoms with van der Waals surface area (Å²) >= 11 is 2.28. The second-order valence-corrected chi connectivity index (χ2v) is 6.23. The lowest BCUT2D eigenvalue weighted by Gasteiger charge is -2.33. The molecule has 0 spiro atoms. The molecule has 1 saturated heterocycles. The molecule has 1 heterocycles. The zero-order valence-corrected chi connectivity index (χ0v) is 13.0. The van der Waals surface area contributed by atoms with Gasteiger partial charge < -0.3 is 10.2 Å². The Bertz CT molecular complexity index is 416. The zero-order chi connectivity index (χ0) is 13.1. The molecule has 1 fully saturated rings. The molecule has 0 aromatic heterocycles. The minimum Gasteiger partial charge on any atom is -0.311 e. The van der Waals surface area contributed by atoms with Crippen LogP contribution in [0.3, 0.4) is 0 Å². The standard InChI is InChI=1S/C14H19IN2O/c1-10(2)16-13-4-3-9-17(14(13)18)12-7-5-11(15)6-8-12/h5-8,10,13,16H,3-4,9H2,1-2H3. The van der Waals surface area contributed by atoms with Gasteiger partial charge in [-0.3, -0.25) is 4.79 Å². The summed E-state index contributed by atoms with van der Waals surface area (Å²) in [6.07, 6.45) is 2.00. The predicted octanol–water partition coefficient (Wildman–Crippen LogP) is 2.78. The van der Waals surface area contributed by atoms with Crippen molar-refractivity contribution >= 4 is 34.2 Å². The van der Waals surface area contributed by atoms with Gasteiger partial charge >= 0.3 is 0 Å². The van der Waals surface area contributed by atoms with E-state index in [4.69, 9.17) is 0 Å². The molecule has 1 unspecified atom stereocenters. The number of halogens is 1. The summed E-state index contributed by atoms with van der Waals surface area (Å²) in [7, 11) is 0. The summed E-state index contributed by atoms with van der Waals surface area (Å²) in [5, 5.41) is 3.35. The van der Waals surface area contributed by atoms with Gasteiger partial charge in [0, 0.05) is 21.8 Å². The number of carbonyl (C=O) groups is 1. The summed E-state index contributed by atoms with van der Waals surface area (Å²) in [6, 6.07) is 8.45. The fourth-order valence-electron chi connectivity index (χ4n) is 2.31. The average molecular weight is 358 g/mol. The molecule has 1 aliphatic heterocycles. The fourth-order valence-corrected chi connectivity index (χ4v) is 2.67. The van der Waals surface area contributed by atoms with Crippen LogP contribution in [0.1, 0.15) is 26.7 Å². The third kappa shape index (κ3) is 3.23. The molecular weight excluding hydrogens is 339 g/mol. The van der Waals surface area contributed by atoms with Crippen molar-refractivity contribution in [2.75, 3.05) is 11.4 Å². The highest BCUT2D eigenvalue weighted by molar-refractivity contribution is 14.1. The molecule has 2 rings (SSSR count). The molecule has 0 aliphatic carbocycles. The van der Waals surface area contributed by atoms with Gasteiger partial charge in [0.2, 0.25) is 5.91 Å². The lowest BCUT2D eigenvalue weighted by Crippen LogP contribution is -2.52. The van der Waals surface area contributed by atoms with Crippen LogP contribution in [0.5, 0.6) is 0 Å². The van der Waals surface area contributed by atoms with Crippen molar-refractivity contribution in [2.45, 2.75) is 38.8 Å². The van der Waals surface area contributed by atoms with Gasteiger partial charge in [0.05, 0.1) is 6.04 Å². The summed E-state index contributed by atoms with van der Waals surface area (Å²) in [5.74, 6) is 0.205. The first-order chi connectivity index (χ1) is 8.58. The van der Waals surface area contributed by atoms with Gasteiger partial charge in [0.25, 0.3) is 0 Å². The van der Waals surface area contributed by atoms with Crippen LogP contribution in [0.15, 0.2) is 24.3 Å². The molecule has 1 aromatic carbocycles. The maximum Gasteiger partial charge on any atom is 0.244 e. The Morgan fingerprint density at radius 3 is 2.61 bits per heavy atom. The Kier molecular flexibility index (Phi) is 4.61. The quantitative estimate of drug-likeness (QED) is 0.843. The molecule has 1 amide bonds. The van der Waals surface area contributed by atoms with Crippen LogP contribution in [0.4, 0.5) is 5.69 Å². The Balaban J connectivity index is 2.13. The molecule has 98 valence electrons. The van der Waals surface area contributed by atoms with Gasteiger partial charge in [-0.1, -0.05) is 13.8 Å². The monoisotopic (exact) mass is 358 g/mol. The van der Waals surface area contributed by atoms with Crippen LogP contribution >= 0.6 is 22.6 Å². The van der Waals surface area contributed by atoms with Crippen molar-refractivity contribution in [2.24, 2.45) is 0 Å². The first-order valence-corrected chi connectivity index (χ1v) is 7.49. The van der Waals surface area contributed by atoms with Gasteiger partial charge in [-0.25, -0.2) is 0 Å². The van der Waals surface area contributed by atoms with Crippen molar-refractivity contribution in [3.63, 3.8) is 0 Å². The number of amides is 1. The van der Waals surface area contributed by atoms with Crippen LogP contribution in [0.2, 0.25) is 0 Å². The molecule has 1 atom stereocenters. The highest BCUT2D eigenvalue weighted by Gasteiger charge is 2.29. The minimum absolute atomic E-state index is 0.0296. The lowest BCUT2D eigenvalue weighted by molar-refractivity contribution is -0.121. The lowest BCUT2D eigenvalue weighted by atomic mass is 10.0. The van der Waals surface area contributed by atoms with Crippen molar-refractivity contribution in [1.82, 2.24) is 5.32 Å². The molecule has 3 nitrogen and oxygen atoms in total. The van der Waals surface area contributed by atoms with Crippen LogP contribution in [0, 0.1) is 3.57 Å². The molecule has 1 aromatic rings. The molecule has 0 saturated carbocycles. The highest BCUT2D eigenvalue weighted by Crippen LogP contribution is 2.22. The van der Waals surface area contributed by atoms with Crippen molar-refractivity contribution < 1.29 is 4.79 Å². The normalized spacial score (nSPS) is 20.6. The number of nitrogens with zero attached hydrogens (tertiary/aromatic N) is 1. The molecule has 18 heavy (non-hydrogen) atoms. The second kappa shape index (κ2) is 6.02. The first-order valence-electron chi connectivity index (χ1n) is 6.41. The molecular formula is C14H19IN2O. The van der Waals surface area contributed by atoms with E-state index in [0.717, 1.165) is 25.1 Å². The highest BCUT2D eigenvalue weighted by atomic mass is 127. The fraction of sp³-hybridized carbons (Fsp3) is 0.500. The van der Waals surface area contributed by atoms with Gasteiger partial charge in [-0.15, -0.1) is 0 Å². The second-order valence-electron chi connectivity index (χ2n) is 4.98. The maximum atomic E-state index is 12.4. The number of hydrogen-bond donors (Lipinski definition) is 1. The number of carbonyl (C=O) groups excluding carboxylic acids is 1. The summed E-state index contributed by atoms with van der Waals surface area (Å²) in [4.78, 5) is 14.3. The number of anilines is 1. The molecule has 1 N–H and O–H groups in total. The number of benzene rings is 1. The first kappa shape index (κ1) is 13.8. The maximum absolute atomic E-state index is 12.4. The van der Waals surface area contributed by atoms with Crippen molar-refractivity contribution in [3.05, 3.63) is 27.8 Å². The topological polar surface area (TPSA) is 32.3 Å². The third-order valence-corrected chi connectivity index (χ3v) is 3.83. The Labute approximate surface area is 122 Å². The minimum atomic E-state index is -0.0296. The van der Waals surface area contributed by atoms with Crippen LogP contribution in [-0.2, 0) is 4.79 Å². The Morgan fingerprint density at radius 2 is 2.00 bits per heavy atom. The Morgan fingerprint density at radius 1 is 1.33 bits per heavy atom. The smallest absolute Gasteiger partial charge is 0.244 e. The van der Waals surface area contributed by atoms with Gasteiger partial charge in [-0.2, -0.15) is 0 Å². The molecule has 4 heteroatoms. The van der Waals surface area contributed by atoms with E-state index in [-0.39, 0.29) is 11.9 Å². The van der Waals surface area contributed by atoms with Crippen LogP contribution in [-0.4, -0.2) is 24.5 Å². The average Bonchev–Trinajstić information content (AvgIpc) is 2.33. The van der Waals surface area contributed by atoms with E-state index in [9.17, 15) is 4.79 Å². The van der Waals surface area contributed by atoms with Crippen molar-refractivity contribution in [3.8, 4) is 0 Å². The van der Waals surface area contributed by atoms with E-state index in [1.807, 2.05) is 29.2 Å². The predicted molar refractivity (Wildman–Crippen MR) is 82.8 cm³/mol. The molecule has 1 aliphatic rings. The number of hydrogen-bond acceptors (Lipinski definition) is 2. The van der Waals surface area contributed by atoms with E-state index in [0.29, 0.717) is 6.04 Å². The largest absolute Gasteiger partial charge is 0.311 e. The van der Waals surface area contributed by atoms with Gasteiger partial charge in [-0.05, 0) is 59.7 Å². The summed E-state index contributed by atoms with van der Waals surface area (Å²) in [6.45, 7) is 4.99. The van der Waals surface area contributed by atoms with Gasteiger partial charge in [0.1, 0.15) is 0 Å². The third-order valence-electron chi connectivity index (χ3n) is 3.11. The SMILES string of the molecule is CC(C)NC1CCCN(c2ccc(I)cc2)C1=O. The summed E-state index contributed by atoms with van der Waals surface area (Å²) in [5.41, 5.74) is 1.01. The van der Waals surface area contributed by atoms with E-state index in [1.165, 1.54) is 3.57 Å². The van der Waals surface area contributed by atoms with Crippen LogP contribution in [0.25, 0.3) is 0 Å². The number of nitrogens with one attached hydrogen (secondary N) is 1. The summed E-state index contributed by atoms with van der Waals surface area (Å²) < 4.78 is 1.19. The zero-order valence-electron chi connectivity index (χ0n) is 10.8. The molecule has 0 bridgehead atoms. The van der Waals surface area contributed by atoms with Crippen LogP contribution < -0.4 is 10.2 Å². The number of piperidine rings is 1. The number of rotatable bonds is 3. The Hall–Kier alpha value is -0.620. The van der Waals surface area contributed by atoms with E-state index in [1.54, 1.807) is 0 Å². The molecule has 0 radical (unpaired) electrons.